The molecule has 0 atom stereocenters. The molecule has 28 heavy (non-hydrogen) atoms. The summed E-state index contributed by atoms with van der Waals surface area (Å²) in [5, 5.41) is 7.48. The summed E-state index contributed by atoms with van der Waals surface area (Å²) in [7, 11) is 0. The molecule has 0 aliphatic heterocycles. The lowest BCUT2D eigenvalue weighted by Crippen LogP contribution is -2.13. The predicted molar refractivity (Wildman–Crippen MR) is 114 cm³/mol. The number of halogens is 1. The van der Waals surface area contributed by atoms with Gasteiger partial charge < -0.3 is 5.32 Å². The van der Waals surface area contributed by atoms with Crippen LogP contribution in [0.25, 0.3) is 16.9 Å². The van der Waals surface area contributed by atoms with E-state index in [0.29, 0.717) is 5.69 Å². The Morgan fingerprint density at radius 3 is 2.57 bits per heavy atom. The van der Waals surface area contributed by atoms with Crippen molar-refractivity contribution in [1.82, 2.24) is 14.8 Å². The van der Waals surface area contributed by atoms with Crippen molar-refractivity contribution in [3.8, 4) is 16.9 Å². The van der Waals surface area contributed by atoms with Crippen LogP contribution in [0.3, 0.4) is 0 Å². The average molecular weight is 433 g/mol. The van der Waals surface area contributed by atoms with Gasteiger partial charge in [-0.25, -0.2) is 4.68 Å². The van der Waals surface area contributed by atoms with Crippen molar-refractivity contribution in [3.63, 3.8) is 0 Å². The molecule has 138 valence electrons. The highest BCUT2D eigenvalue weighted by atomic mass is 79.9. The fourth-order valence-electron chi connectivity index (χ4n) is 2.90. The first-order valence-corrected chi connectivity index (χ1v) is 9.54. The molecule has 0 saturated heterocycles. The van der Waals surface area contributed by atoms with E-state index in [-0.39, 0.29) is 5.91 Å². The van der Waals surface area contributed by atoms with Gasteiger partial charge in [0, 0.05) is 28.1 Å². The molecular formula is C22H17BrN4O. The number of benzene rings is 2. The van der Waals surface area contributed by atoms with Crippen LogP contribution in [0.2, 0.25) is 0 Å². The van der Waals surface area contributed by atoms with Gasteiger partial charge in [0.05, 0.1) is 11.4 Å². The molecule has 0 fully saturated rings. The van der Waals surface area contributed by atoms with Gasteiger partial charge in [-0.05, 0) is 61.0 Å². The van der Waals surface area contributed by atoms with Gasteiger partial charge in [0.2, 0.25) is 0 Å². The molecule has 0 bridgehead atoms. The number of nitrogens with one attached hydrogen (secondary N) is 1. The van der Waals surface area contributed by atoms with Crippen molar-refractivity contribution < 1.29 is 4.79 Å². The number of hydrogen-bond acceptors (Lipinski definition) is 3. The number of pyridine rings is 1. The molecular weight excluding hydrogens is 416 g/mol. The third-order valence-electron chi connectivity index (χ3n) is 4.32. The van der Waals surface area contributed by atoms with Crippen LogP contribution in [0.5, 0.6) is 0 Å². The third kappa shape index (κ3) is 3.73. The van der Waals surface area contributed by atoms with Gasteiger partial charge in [0.25, 0.3) is 5.91 Å². The van der Waals surface area contributed by atoms with E-state index in [1.165, 1.54) is 0 Å². The van der Waals surface area contributed by atoms with Crippen LogP contribution < -0.4 is 5.32 Å². The fourth-order valence-corrected chi connectivity index (χ4v) is 3.14. The van der Waals surface area contributed by atoms with E-state index in [9.17, 15) is 4.79 Å². The zero-order chi connectivity index (χ0) is 19.5. The maximum Gasteiger partial charge on any atom is 0.276 e. The van der Waals surface area contributed by atoms with E-state index in [2.05, 4.69) is 31.3 Å². The van der Waals surface area contributed by atoms with E-state index in [1.807, 2.05) is 67.6 Å². The first-order valence-electron chi connectivity index (χ1n) is 8.75. The van der Waals surface area contributed by atoms with Crippen molar-refractivity contribution in [2.45, 2.75) is 6.92 Å². The molecule has 4 aromatic rings. The number of aromatic nitrogens is 3. The Labute approximate surface area is 171 Å². The van der Waals surface area contributed by atoms with Gasteiger partial charge in [-0.15, -0.1) is 0 Å². The van der Waals surface area contributed by atoms with Gasteiger partial charge >= 0.3 is 0 Å². The van der Waals surface area contributed by atoms with Gasteiger partial charge in [0.1, 0.15) is 0 Å². The second kappa shape index (κ2) is 7.78. The number of para-hydroxylation sites is 1. The zero-order valence-electron chi connectivity index (χ0n) is 15.1. The molecule has 0 radical (unpaired) electrons. The molecule has 2 heterocycles. The predicted octanol–water partition coefficient (Wildman–Crippen LogP) is 5.26. The number of rotatable bonds is 4. The van der Waals surface area contributed by atoms with E-state index >= 15 is 0 Å². The largest absolute Gasteiger partial charge is 0.321 e. The Kier molecular flexibility index (Phi) is 5.04. The summed E-state index contributed by atoms with van der Waals surface area (Å²) in [6.07, 6.45) is 3.48. The average Bonchev–Trinajstić information content (AvgIpc) is 3.18. The lowest BCUT2D eigenvalue weighted by Gasteiger charge is -2.07. The number of carbonyl (C=O) groups excluding carboxylic acids is 1. The highest BCUT2D eigenvalue weighted by Gasteiger charge is 2.17. The highest BCUT2D eigenvalue weighted by molar-refractivity contribution is 9.10. The standard InChI is InChI=1S/C22H17BrN4O/c1-15-12-17(9-10-19(15)23)25-22(28)20-13-21(16-6-5-11-24-14-16)27(26-20)18-7-3-2-4-8-18/h2-14H,1H3,(H,25,28). The molecule has 1 N–H and O–H groups in total. The van der Waals surface area contributed by atoms with E-state index < -0.39 is 0 Å². The van der Waals surface area contributed by atoms with Crippen molar-refractivity contribution in [3.05, 3.63) is 94.9 Å². The van der Waals surface area contributed by atoms with Crippen LogP contribution in [0.15, 0.2) is 83.6 Å². The smallest absolute Gasteiger partial charge is 0.276 e. The number of aryl methyl sites for hydroxylation is 1. The Morgan fingerprint density at radius 1 is 1.04 bits per heavy atom. The van der Waals surface area contributed by atoms with E-state index in [1.54, 1.807) is 23.1 Å². The number of hydrogen-bond donors (Lipinski definition) is 1. The summed E-state index contributed by atoms with van der Waals surface area (Å²) in [5.41, 5.74) is 4.67. The van der Waals surface area contributed by atoms with Crippen LogP contribution in [0, 0.1) is 6.92 Å². The first-order chi connectivity index (χ1) is 13.6. The van der Waals surface area contributed by atoms with Crippen molar-refractivity contribution in [2.24, 2.45) is 0 Å². The summed E-state index contributed by atoms with van der Waals surface area (Å²) in [5.74, 6) is -0.262. The Hall–Kier alpha value is -3.25. The lowest BCUT2D eigenvalue weighted by molar-refractivity contribution is 0.102. The third-order valence-corrected chi connectivity index (χ3v) is 5.21. The molecule has 6 heteroatoms. The Bertz CT molecular complexity index is 1070. The zero-order valence-corrected chi connectivity index (χ0v) is 16.7. The van der Waals surface area contributed by atoms with Crippen molar-refractivity contribution in [2.75, 3.05) is 5.32 Å². The minimum Gasteiger partial charge on any atom is -0.321 e. The molecule has 0 aliphatic rings. The molecule has 2 aromatic carbocycles. The van der Waals surface area contributed by atoms with Crippen LogP contribution >= 0.6 is 15.9 Å². The van der Waals surface area contributed by atoms with Gasteiger partial charge in [-0.1, -0.05) is 34.1 Å². The SMILES string of the molecule is Cc1cc(NC(=O)c2cc(-c3cccnc3)n(-c3ccccc3)n2)ccc1Br. The van der Waals surface area contributed by atoms with Gasteiger partial charge in [0.15, 0.2) is 5.69 Å². The quantitative estimate of drug-likeness (QED) is 0.478. The molecule has 4 rings (SSSR count). The molecule has 0 spiro atoms. The fraction of sp³-hybridized carbons (Fsp3) is 0.0455. The summed E-state index contributed by atoms with van der Waals surface area (Å²) >= 11 is 3.47. The van der Waals surface area contributed by atoms with E-state index in [0.717, 1.165) is 32.7 Å². The van der Waals surface area contributed by atoms with Crippen LogP contribution in [-0.4, -0.2) is 20.7 Å². The van der Waals surface area contributed by atoms with Crippen molar-refractivity contribution >= 4 is 27.5 Å². The number of amides is 1. The van der Waals surface area contributed by atoms with Crippen LogP contribution in [0.1, 0.15) is 16.1 Å². The Balaban J connectivity index is 1.72. The normalized spacial score (nSPS) is 10.6. The molecule has 2 aromatic heterocycles. The van der Waals surface area contributed by atoms with Gasteiger partial charge in [-0.3, -0.25) is 9.78 Å². The molecule has 0 saturated carbocycles. The molecule has 1 amide bonds. The maximum absolute atomic E-state index is 12.8. The number of carbonyl (C=O) groups is 1. The minimum atomic E-state index is -0.262. The minimum absolute atomic E-state index is 0.262. The van der Waals surface area contributed by atoms with Gasteiger partial charge in [-0.2, -0.15) is 5.10 Å². The van der Waals surface area contributed by atoms with Crippen LogP contribution in [0.4, 0.5) is 5.69 Å². The summed E-state index contributed by atoms with van der Waals surface area (Å²) in [6.45, 7) is 1.98. The lowest BCUT2D eigenvalue weighted by atomic mass is 10.2. The summed E-state index contributed by atoms with van der Waals surface area (Å²) in [4.78, 5) is 17.0. The molecule has 0 aliphatic carbocycles. The highest BCUT2D eigenvalue weighted by Crippen LogP contribution is 2.25. The maximum atomic E-state index is 12.8. The number of anilines is 1. The second-order valence-electron chi connectivity index (χ2n) is 6.32. The number of nitrogens with zero attached hydrogens (tertiary/aromatic N) is 3. The first kappa shape index (κ1) is 18.1. The second-order valence-corrected chi connectivity index (χ2v) is 7.18. The topological polar surface area (TPSA) is 59.8 Å². The summed E-state index contributed by atoms with van der Waals surface area (Å²) < 4.78 is 2.76. The molecule has 0 unspecified atom stereocenters. The summed E-state index contributed by atoms with van der Waals surface area (Å²) in [6, 6.07) is 21.0. The Morgan fingerprint density at radius 2 is 1.86 bits per heavy atom. The van der Waals surface area contributed by atoms with Crippen LogP contribution in [-0.2, 0) is 0 Å². The van der Waals surface area contributed by atoms with E-state index in [4.69, 9.17) is 0 Å². The monoisotopic (exact) mass is 432 g/mol. The van der Waals surface area contributed by atoms with Crippen molar-refractivity contribution in [1.29, 1.82) is 0 Å². The molecule has 5 nitrogen and oxygen atoms in total.